The van der Waals surface area contributed by atoms with E-state index in [-0.39, 0.29) is 0 Å². The fraction of sp³-hybridized carbons (Fsp3) is 0.375. The average Bonchev–Trinajstić information content (AvgIpc) is 2.97. The number of aromatic nitrogens is 2. The molecule has 0 bridgehead atoms. The number of carbonyl (C=O) groups excluding carboxylic acids is 1. The van der Waals surface area contributed by atoms with Crippen LogP contribution >= 0.6 is 0 Å². The summed E-state index contributed by atoms with van der Waals surface area (Å²) in [6.45, 7) is 6.05. The number of hydrogen-bond donors (Lipinski definition) is 3. The summed E-state index contributed by atoms with van der Waals surface area (Å²) in [5, 5.41) is 12.7. The molecule has 3 N–H and O–H groups in total. The van der Waals surface area contributed by atoms with Gasteiger partial charge in [0.15, 0.2) is 0 Å². The minimum atomic E-state index is -0.553. The van der Waals surface area contributed by atoms with Crippen LogP contribution in [0.15, 0.2) is 30.5 Å². The number of ether oxygens (including phenoxy) is 2. The number of hydrogen-bond acceptors (Lipinski definition) is 5. The zero-order chi connectivity index (χ0) is 16.9. The number of methoxy groups -OCH3 is 1. The summed E-state index contributed by atoms with van der Waals surface area (Å²) in [6.07, 6.45) is 1.18. The molecular weight excluding hydrogens is 296 g/mol. The van der Waals surface area contributed by atoms with E-state index in [0.717, 1.165) is 11.4 Å². The van der Waals surface area contributed by atoms with Gasteiger partial charge in [0.1, 0.15) is 11.4 Å². The van der Waals surface area contributed by atoms with Gasteiger partial charge in [-0.3, -0.25) is 10.4 Å². The molecule has 1 aromatic heterocycles. The second-order valence-corrected chi connectivity index (χ2v) is 5.98. The number of aromatic amines is 1. The molecule has 0 spiro atoms. The van der Waals surface area contributed by atoms with Crippen molar-refractivity contribution in [3.05, 3.63) is 36.2 Å². The van der Waals surface area contributed by atoms with Crippen LogP contribution in [-0.2, 0) is 11.3 Å². The molecule has 0 aliphatic carbocycles. The molecule has 0 fully saturated rings. The largest absolute Gasteiger partial charge is 0.494 e. The number of nitrogens with one attached hydrogen (secondary N) is 3. The Balaban J connectivity index is 2.02. The minimum absolute atomic E-state index is 0.519. The maximum atomic E-state index is 11.8. The van der Waals surface area contributed by atoms with Crippen molar-refractivity contribution >= 4 is 17.5 Å². The lowest BCUT2D eigenvalue weighted by Crippen LogP contribution is -2.27. The molecule has 7 nitrogen and oxygen atoms in total. The molecule has 23 heavy (non-hydrogen) atoms. The zero-order valence-electron chi connectivity index (χ0n) is 13.8. The summed E-state index contributed by atoms with van der Waals surface area (Å²) in [4.78, 5) is 11.8. The van der Waals surface area contributed by atoms with E-state index in [9.17, 15) is 4.79 Å². The molecule has 7 heteroatoms. The smallest absolute Gasteiger partial charge is 0.412 e. The monoisotopic (exact) mass is 318 g/mol. The topological polar surface area (TPSA) is 88.3 Å². The fourth-order valence-electron chi connectivity index (χ4n) is 1.90. The van der Waals surface area contributed by atoms with Crippen LogP contribution in [0.2, 0.25) is 0 Å². The van der Waals surface area contributed by atoms with Gasteiger partial charge in [0.05, 0.1) is 25.0 Å². The van der Waals surface area contributed by atoms with Crippen molar-refractivity contribution in [3.8, 4) is 5.75 Å². The lowest BCUT2D eigenvalue weighted by atomic mass is 10.2. The molecule has 2 rings (SSSR count). The first-order chi connectivity index (χ1) is 10.9. The van der Waals surface area contributed by atoms with Crippen molar-refractivity contribution in [1.82, 2.24) is 10.2 Å². The van der Waals surface area contributed by atoms with E-state index in [1.807, 2.05) is 39.0 Å². The van der Waals surface area contributed by atoms with Crippen LogP contribution in [0.4, 0.5) is 16.2 Å². The van der Waals surface area contributed by atoms with Crippen molar-refractivity contribution < 1.29 is 14.3 Å². The van der Waals surface area contributed by atoms with Crippen molar-refractivity contribution in [1.29, 1.82) is 0 Å². The van der Waals surface area contributed by atoms with E-state index in [4.69, 9.17) is 9.47 Å². The summed E-state index contributed by atoms with van der Waals surface area (Å²) in [7, 11) is 1.55. The number of benzene rings is 1. The summed E-state index contributed by atoms with van der Waals surface area (Å²) < 4.78 is 10.6. The molecule has 2 aromatic rings. The highest BCUT2D eigenvalue weighted by molar-refractivity contribution is 5.87. The van der Waals surface area contributed by atoms with E-state index in [0.29, 0.717) is 18.0 Å². The maximum Gasteiger partial charge on any atom is 0.412 e. The molecule has 0 aliphatic rings. The van der Waals surface area contributed by atoms with E-state index in [2.05, 4.69) is 20.8 Å². The third kappa shape index (κ3) is 5.21. The zero-order valence-corrected chi connectivity index (χ0v) is 13.8. The first kappa shape index (κ1) is 16.7. The second kappa shape index (κ2) is 7.04. The van der Waals surface area contributed by atoms with E-state index >= 15 is 0 Å². The van der Waals surface area contributed by atoms with Crippen LogP contribution in [0.5, 0.6) is 5.75 Å². The quantitative estimate of drug-likeness (QED) is 0.786. The Labute approximate surface area is 135 Å². The first-order valence-corrected chi connectivity index (χ1v) is 7.27. The number of carbonyl (C=O) groups is 1. The molecule has 0 aliphatic heterocycles. The van der Waals surface area contributed by atoms with Gasteiger partial charge in [-0.15, -0.1) is 0 Å². The summed E-state index contributed by atoms with van der Waals surface area (Å²) in [6, 6.07) is 7.31. The van der Waals surface area contributed by atoms with Gasteiger partial charge in [0, 0.05) is 18.0 Å². The minimum Gasteiger partial charge on any atom is -0.494 e. The van der Waals surface area contributed by atoms with E-state index in [1.165, 1.54) is 0 Å². The Kier molecular flexibility index (Phi) is 5.10. The molecule has 124 valence electrons. The second-order valence-electron chi connectivity index (χ2n) is 5.98. The number of nitrogens with zero attached hydrogens (tertiary/aromatic N) is 1. The highest BCUT2D eigenvalue weighted by Gasteiger charge is 2.17. The molecule has 0 radical (unpaired) electrons. The summed E-state index contributed by atoms with van der Waals surface area (Å²) >= 11 is 0. The lowest BCUT2D eigenvalue weighted by molar-refractivity contribution is 0.0635. The van der Waals surface area contributed by atoms with Gasteiger partial charge in [-0.2, -0.15) is 5.10 Å². The van der Waals surface area contributed by atoms with Gasteiger partial charge in [-0.1, -0.05) is 0 Å². The predicted molar refractivity (Wildman–Crippen MR) is 88.8 cm³/mol. The number of rotatable bonds is 5. The molecule has 0 atom stereocenters. The summed E-state index contributed by atoms with van der Waals surface area (Å²) in [5.74, 6) is 0.547. The SMILES string of the molecule is COc1cc(NCc2ccn[nH]2)ccc1NC(=O)OC(C)(C)C. The Morgan fingerprint density at radius 3 is 2.70 bits per heavy atom. The molecule has 0 saturated carbocycles. The van der Waals surface area contributed by atoms with Crippen LogP contribution in [0.3, 0.4) is 0 Å². The normalized spacial score (nSPS) is 11.0. The van der Waals surface area contributed by atoms with Crippen LogP contribution in [0.1, 0.15) is 26.5 Å². The number of amides is 1. The van der Waals surface area contributed by atoms with Crippen LogP contribution in [0, 0.1) is 0 Å². The lowest BCUT2D eigenvalue weighted by Gasteiger charge is -2.20. The molecule has 1 amide bonds. The van der Waals surface area contributed by atoms with E-state index < -0.39 is 11.7 Å². The Morgan fingerprint density at radius 2 is 2.09 bits per heavy atom. The third-order valence-corrected chi connectivity index (χ3v) is 2.88. The van der Waals surface area contributed by atoms with E-state index in [1.54, 1.807) is 19.4 Å². The standard InChI is InChI=1S/C16H22N4O3/c1-16(2,3)23-15(21)19-13-6-5-11(9-14(13)22-4)17-10-12-7-8-18-20-12/h5-9,17H,10H2,1-4H3,(H,18,20)(H,19,21). The molecular formula is C16H22N4O3. The van der Waals surface area contributed by atoms with Crippen molar-refractivity contribution in [2.24, 2.45) is 0 Å². The van der Waals surface area contributed by atoms with Crippen molar-refractivity contribution in [3.63, 3.8) is 0 Å². The average molecular weight is 318 g/mol. The molecule has 0 unspecified atom stereocenters. The van der Waals surface area contributed by atoms with Gasteiger partial charge < -0.3 is 14.8 Å². The summed E-state index contributed by atoms with van der Waals surface area (Å²) in [5.41, 5.74) is 1.84. The van der Waals surface area contributed by atoms with Gasteiger partial charge in [-0.05, 0) is 39.0 Å². The molecule has 0 saturated heterocycles. The predicted octanol–water partition coefficient (Wildman–Crippen LogP) is 3.38. The van der Waals surface area contributed by atoms with Gasteiger partial charge in [-0.25, -0.2) is 4.79 Å². The first-order valence-electron chi connectivity index (χ1n) is 7.27. The van der Waals surface area contributed by atoms with Crippen LogP contribution in [-0.4, -0.2) is 29.0 Å². The highest BCUT2D eigenvalue weighted by Crippen LogP contribution is 2.28. The Hall–Kier alpha value is -2.70. The van der Waals surface area contributed by atoms with Gasteiger partial charge in [0.2, 0.25) is 0 Å². The van der Waals surface area contributed by atoms with Gasteiger partial charge >= 0.3 is 6.09 Å². The van der Waals surface area contributed by atoms with Gasteiger partial charge in [0.25, 0.3) is 0 Å². The molecule has 1 aromatic carbocycles. The van der Waals surface area contributed by atoms with Crippen LogP contribution in [0.25, 0.3) is 0 Å². The maximum absolute atomic E-state index is 11.8. The number of H-pyrrole nitrogens is 1. The molecule has 1 heterocycles. The fourth-order valence-corrected chi connectivity index (χ4v) is 1.90. The number of anilines is 2. The van der Waals surface area contributed by atoms with Crippen molar-refractivity contribution in [2.45, 2.75) is 32.9 Å². The Morgan fingerprint density at radius 1 is 1.30 bits per heavy atom. The Bertz CT molecular complexity index is 648. The highest BCUT2D eigenvalue weighted by atomic mass is 16.6. The van der Waals surface area contributed by atoms with Crippen molar-refractivity contribution in [2.75, 3.05) is 17.7 Å². The third-order valence-electron chi connectivity index (χ3n) is 2.88. The van der Waals surface area contributed by atoms with Crippen LogP contribution < -0.4 is 15.4 Å².